The lowest BCUT2D eigenvalue weighted by atomic mass is 9.95. The highest BCUT2D eigenvalue weighted by Gasteiger charge is 2.50. The fourth-order valence-electron chi connectivity index (χ4n) is 4.73. The van der Waals surface area contributed by atoms with Crippen LogP contribution in [0.3, 0.4) is 0 Å². The number of amides is 3. The first-order valence-electron chi connectivity index (χ1n) is 13.4. The zero-order chi connectivity index (χ0) is 27.1. The number of carbonyl (C=O) groups is 3. The third kappa shape index (κ3) is 8.26. The molecule has 212 valence electrons. The minimum atomic E-state index is -4.64. The summed E-state index contributed by atoms with van der Waals surface area (Å²) in [6.07, 6.45) is 7.51. The summed E-state index contributed by atoms with van der Waals surface area (Å²) in [6.45, 7) is 6.77. The van der Waals surface area contributed by atoms with E-state index in [9.17, 15) is 22.8 Å². The van der Waals surface area contributed by atoms with Crippen LogP contribution in [0.5, 0.6) is 0 Å². The normalized spacial score (nSPS) is 22.8. The molecule has 0 spiro atoms. The van der Waals surface area contributed by atoms with Crippen molar-refractivity contribution in [2.45, 2.75) is 96.7 Å². The number of rotatable bonds is 14. The van der Waals surface area contributed by atoms with E-state index in [0.717, 1.165) is 63.1 Å². The Morgan fingerprint density at radius 1 is 1.08 bits per heavy atom. The van der Waals surface area contributed by atoms with Gasteiger partial charge in [0.1, 0.15) is 6.04 Å². The van der Waals surface area contributed by atoms with Gasteiger partial charge in [-0.15, -0.1) is 4.28 Å². The molecule has 3 heterocycles. The van der Waals surface area contributed by atoms with E-state index < -0.39 is 46.5 Å². The smallest absolute Gasteiger partial charge is 0.421 e. The van der Waals surface area contributed by atoms with Crippen LogP contribution >= 0.6 is 0 Å². The van der Waals surface area contributed by atoms with Crippen molar-refractivity contribution in [3.05, 3.63) is 0 Å². The first-order valence-corrected chi connectivity index (χ1v) is 14.7. The number of unbranched alkanes of at least 4 members (excludes halogenated alkanes) is 4. The van der Waals surface area contributed by atoms with Gasteiger partial charge in [-0.1, -0.05) is 32.6 Å². The van der Waals surface area contributed by atoms with Crippen molar-refractivity contribution < 1.29 is 36.0 Å². The Balaban J connectivity index is 1.47. The van der Waals surface area contributed by atoms with Gasteiger partial charge in [0.05, 0.1) is 24.7 Å². The van der Waals surface area contributed by atoms with Crippen LogP contribution in [0, 0.1) is 5.41 Å². The van der Waals surface area contributed by atoms with Crippen molar-refractivity contribution in [1.82, 2.24) is 20.6 Å². The van der Waals surface area contributed by atoms with Gasteiger partial charge < -0.3 is 20.3 Å². The average molecular weight is 547 g/mol. The Morgan fingerprint density at radius 2 is 1.78 bits per heavy atom. The number of hydroxylamine groups is 2. The molecule has 37 heavy (non-hydrogen) atoms. The molecule has 13 heteroatoms. The van der Waals surface area contributed by atoms with E-state index in [4.69, 9.17) is 13.2 Å². The van der Waals surface area contributed by atoms with Gasteiger partial charge in [-0.25, -0.2) is 8.98 Å². The second-order valence-corrected chi connectivity index (χ2v) is 11.9. The van der Waals surface area contributed by atoms with Gasteiger partial charge in [0.2, 0.25) is 5.91 Å². The molecule has 3 saturated heterocycles. The highest BCUT2D eigenvalue weighted by atomic mass is 32.3. The zero-order valence-electron chi connectivity index (χ0n) is 22.2. The molecule has 0 radical (unpaired) electrons. The molecular weight excluding hydrogens is 504 g/mol. The second-order valence-electron chi connectivity index (χ2n) is 10.7. The third-order valence-electron chi connectivity index (χ3n) is 7.08. The van der Waals surface area contributed by atoms with Crippen molar-refractivity contribution in [2.24, 2.45) is 5.41 Å². The van der Waals surface area contributed by atoms with Gasteiger partial charge >= 0.3 is 22.4 Å². The minimum Gasteiger partial charge on any atom is -0.465 e. The minimum absolute atomic E-state index is 0.0569. The summed E-state index contributed by atoms with van der Waals surface area (Å²) in [6, 6.07) is -1.82. The van der Waals surface area contributed by atoms with Gasteiger partial charge in [-0.2, -0.15) is 13.5 Å². The van der Waals surface area contributed by atoms with Crippen LogP contribution in [-0.2, 0) is 33.2 Å². The Bertz CT molecular complexity index is 906. The van der Waals surface area contributed by atoms with Crippen LogP contribution in [0.1, 0.15) is 78.6 Å². The predicted molar refractivity (Wildman–Crippen MR) is 134 cm³/mol. The number of hydrogen-bond acceptors (Lipinski definition) is 9. The number of piperidine rings is 2. The Labute approximate surface area is 220 Å². The van der Waals surface area contributed by atoms with Crippen LogP contribution in [0.15, 0.2) is 0 Å². The van der Waals surface area contributed by atoms with Crippen LogP contribution in [0.4, 0.5) is 4.79 Å². The highest BCUT2D eigenvalue weighted by molar-refractivity contribution is 7.81. The lowest BCUT2D eigenvalue weighted by Gasteiger charge is -2.32. The predicted octanol–water partition coefficient (Wildman–Crippen LogP) is 1.86. The molecule has 3 rings (SSSR count). The van der Waals surface area contributed by atoms with Crippen molar-refractivity contribution in [1.29, 1.82) is 0 Å². The number of nitrogens with one attached hydrogen (secondary N) is 2. The number of hydrogen-bond donors (Lipinski definition) is 2. The molecular formula is C24H42N4O8S. The number of ether oxygens (including phenoxy) is 1. The lowest BCUT2D eigenvalue weighted by molar-refractivity contribution is -0.156. The number of urea groups is 1. The number of nitrogens with zero attached hydrogens (tertiary/aromatic N) is 2. The average Bonchev–Trinajstić information content (AvgIpc) is 3.09. The first-order chi connectivity index (χ1) is 17.5. The monoisotopic (exact) mass is 546 g/mol. The van der Waals surface area contributed by atoms with Gasteiger partial charge in [0.15, 0.2) is 0 Å². The van der Waals surface area contributed by atoms with E-state index >= 15 is 0 Å². The molecule has 3 amide bonds. The van der Waals surface area contributed by atoms with E-state index in [1.54, 1.807) is 0 Å². The van der Waals surface area contributed by atoms with Crippen molar-refractivity contribution >= 4 is 28.3 Å². The van der Waals surface area contributed by atoms with Gasteiger partial charge in [-0.05, 0) is 59.0 Å². The second kappa shape index (κ2) is 13.2. The van der Waals surface area contributed by atoms with E-state index in [0.29, 0.717) is 12.8 Å². The largest absolute Gasteiger partial charge is 0.465 e. The topological polar surface area (TPSA) is 144 Å². The summed E-state index contributed by atoms with van der Waals surface area (Å²) < 4.78 is 40.3. The van der Waals surface area contributed by atoms with Crippen LogP contribution < -0.4 is 10.6 Å². The summed E-state index contributed by atoms with van der Waals surface area (Å²) in [5.74, 6) is -0.801. The zero-order valence-corrected chi connectivity index (χ0v) is 23.0. The Kier molecular flexibility index (Phi) is 10.6. The fourth-order valence-corrected chi connectivity index (χ4v) is 5.59. The van der Waals surface area contributed by atoms with Crippen LogP contribution in [0.2, 0.25) is 0 Å². The van der Waals surface area contributed by atoms with Gasteiger partial charge in [0, 0.05) is 12.6 Å². The summed E-state index contributed by atoms with van der Waals surface area (Å²) in [7, 11) is -4.64. The van der Waals surface area contributed by atoms with E-state index in [1.165, 1.54) is 18.7 Å². The molecule has 12 nitrogen and oxygen atoms in total. The number of fused-ring (bicyclic) bond motifs is 2. The maximum Gasteiger partial charge on any atom is 0.421 e. The molecule has 3 aliphatic rings. The van der Waals surface area contributed by atoms with Gasteiger partial charge in [-0.3, -0.25) is 9.59 Å². The number of esters is 1. The molecule has 0 unspecified atom stereocenters. The summed E-state index contributed by atoms with van der Waals surface area (Å²) >= 11 is 0. The standard InChI is InChI=1S/C24H42N4O8S/c1-4-5-6-7-8-15-34-22(30)24(2,3)17-35-37(32,33)36-28-19-9-10-20(27(16-19)23(28)31)21(29)26-18-11-13-25-14-12-18/h18-20,25H,4-17H2,1-3H3,(H,26,29)/t19-,20+/m1/s1. The Morgan fingerprint density at radius 3 is 2.49 bits per heavy atom. The summed E-state index contributed by atoms with van der Waals surface area (Å²) in [4.78, 5) is 39.5. The third-order valence-corrected chi connectivity index (χ3v) is 7.83. The highest BCUT2D eigenvalue weighted by Crippen LogP contribution is 2.31. The fraction of sp³-hybridized carbons (Fsp3) is 0.875. The van der Waals surface area contributed by atoms with E-state index in [-0.39, 0.29) is 25.1 Å². The molecule has 0 saturated carbocycles. The lowest BCUT2D eigenvalue weighted by Crippen LogP contribution is -2.53. The summed E-state index contributed by atoms with van der Waals surface area (Å²) in [5, 5.41) is 7.02. The molecule has 0 aromatic rings. The van der Waals surface area contributed by atoms with Crippen molar-refractivity contribution in [3.8, 4) is 0 Å². The maximum absolute atomic E-state index is 12.9. The molecule has 0 aromatic heterocycles. The molecule has 3 aliphatic heterocycles. The molecule has 0 aromatic carbocycles. The van der Waals surface area contributed by atoms with Crippen LogP contribution in [-0.4, -0.2) is 87.3 Å². The SMILES string of the molecule is CCCCCCCOC(=O)C(C)(C)COS(=O)(=O)ON1C(=O)N2C[C@H]1CC[C@H]2C(=O)NC1CCNCC1. The van der Waals surface area contributed by atoms with Crippen molar-refractivity contribution in [2.75, 3.05) is 32.8 Å². The molecule has 2 atom stereocenters. The molecule has 2 N–H and O–H groups in total. The van der Waals surface area contributed by atoms with Gasteiger partial charge in [0.25, 0.3) is 0 Å². The molecule has 3 fully saturated rings. The first kappa shape index (κ1) is 29.6. The van der Waals surface area contributed by atoms with E-state index in [1.807, 2.05) is 0 Å². The maximum atomic E-state index is 12.9. The van der Waals surface area contributed by atoms with E-state index in [2.05, 4.69) is 17.6 Å². The number of carbonyl (C=O) groups excluding carboxylic acids is 3. The van der Waals surface area contributed by atoms with Crippen molar-refractivity contribution in [3.63, 3.8) is 0 Å². The Hall–Kier alpha value is -1.96. The molecule has 2 bridgehead atoms. The quantitative estimate of drug-likeness (QED) is 0.246. The summed E-state index contributed by atoms with van der Waals surface area (Å²) in [5.41, 5.74) is -1.23. The molecule has 0 aliphatic carbocycles. The van der Waals surface area contributed by atoms with Crippen LogP contribution in [0.25, 0.3) is 0 Å².